The summed E-state index contributed by atoms with van der Waals surface area (Å²) in [7, 11) is 0. The molecule has 0 saturated heterocycles. The van der Waals surface area contributed by atoms with Crippen molar-refractivity contribution < 1.29 is 9.53 Å². The van der Waals surface area contributed by atoms with E-state index >= 15 is 0 Å². The Labute approximate surface area is 116 Å². The summed E-state index contributed by atoms with van der Waals surface area (Å²) in [6.07, 6.45) is 5.39. The van der Waals surface area contributed by atoms with Crippen LogP contribution in [0.4, 0.5) is 0 Å². The Morgan fingerprint density at radius 2 is 2.22 bits per heavy atom. The van der Waals surface area contributed by atoms with E-state index in [2.05, 4.69) is 4.98 Å². The van der Waals surface area contributed by atoms with Crippen LogP contribution in [0.15, 0.2) is 0 Å². The molecule has 1 aromatic heterocycles. The molecule has 0 radical (unpaired) electrons. The predicted molar refractivity (Wildman–Crippen MR) is 76.4 cm³/mol. The van der Waals surface area contributed by atoms with E-state index in [4.69, 9.17) is 4.74 Å². The molecule has 0 spiro atoms. The number of esters is 1. The second-order valence-corrected chi connectivity index (χ2v) is 7.03. The summed E-state index contributed by atoms with van der Waals surface area (Å²) in [6, 6.07) is 0. The molecule has 100 valence electrons. The van der Waals surface area contributed by atoms with Crippen LogP contribution in [0.3, 0.4) is 0 Å². The van der Waals surface area contributed by atoms with Crippen molar-refractivity contribution in [1.29, 1.82) is 0 Å². The standard InChI is InChI=1S/C13H19NO2S2/c1-3-16-13(15)12-9(2)18-11(14-12)8-17-10-6-4-5-7-10/h10H,3-8H2,1-2H3. The number of nitrogens with zero attached hydrogens (tertiary/aromatic N) is 1. The van der Waals surface area contributed by atoms with Gasteiger partial charge in [0, 0.05) is 15.9 Å². The minimum Gasteiger partial charge on any atom is -0.461 e. The number of hydrogen-bond donors (Lipinski definition) is 0. The Bertz CT molecular complexity index is 411. The summed E-state index contributed by atoms with van der Waals surface area (Å²) < 4.78 is 5.00. The van der Waals surface area contributed by atoms with E-state index in [-0.39, 0.29) is 5.97 Å². The zero-order chi connectivity index (χ0) is 13.0. The number of thiazole rings is 1. The molecular formula is C13H19NO2S2. The molecule has 0 aromatic carbocycles. The van der Waals surface area contributed by atoms with Gasteiger partial charge < -0.3 is 4.74 Å². The normalized spacial score (nSPS) is 16.1. The van der Waals surface area contributed by atoms with Gasteiger partial charge in [-0.1, -0.05) is 12.8 Å². The van der Waals surface area contributed by atoms with Crippen LogP contribution in [0.5, 0.6) is 0 Å². The van der Waals surface area contributed by atoms with Gasteiger partial charge in [0.25, 0.3) is 0 Å². The highest BCUT2D eigenvalue weighted by Crippen LogP contribution is 2.32. The first-order valence-electron chi connectivity index (χ1n) is 6.45. The van der Waals surface area contributed by atoms with Gasteiger partial charge in [-0.3, -0.25) is 0 Å². The van der Waals surface area contributed by atoms with Crippen molar-refractivity contribution in [2.45, 2.75) is 50.5 Å². The van der Waals surface area contributed by atoms with Crippen LogP contribution in [-0.4, -0.2) is 22.8 Å². The summed E-state index contributed by atoms with van der Waals surface area (Å²) in [4.78, 5) is 17.0. The predicted octanol–water partition coefficient (Wildman–Crippen LogP) is 3.80. The highest BCUT2D eigenvalue weighted by Gasteiger charge is 2.19. The molecule has 2 rings (SSSR count). The largest absolute Gasteiger partial charge is 0.461 e. The first-order chi connectivity index (χ1) is 8.70. The lowest BCUT2D eigenvalue weighted by atomic mass is 10.4. The van der Waals surface area contributed by atoms with Crippen molar-refractivity contribution in [3.05, 3.63) is 15.6 Å². The highest BCUT2D eigenvalue weighted by atomic mass is 32.2. The van der Waals surface area contributed by atoms with Gasteiger partial charge in [0.15, 0.2) is 5.69 Å². The third-order valence-corrected chi connectivity index (χ3v) is 5.59. The molecule has 1 aliphatic rings. The molecule has 1 saturated carbocycles. The van der Waals surface area contributed by atoms with E-state index in [0.29, 0.717) is 12.3 Å². The van der Waals surface area contributed by atoms with Crippen LogP contribution < -0.4 is 0 Å². The molecule has 5 heteroatoms. The molecular weight excluding hydrogens is 266 g/mol. The van der Waals surface area contributed by atoms with Gasteiger partial charge in [-0.2, -0.15) is 11.8 Å². The van der Waals surface area contributed by atoms with E-state index in [1.54, 1.807) is 11.3 Å². The summed E-state index contributed by atoms with van der Waals surface area (Å²) in [5.41, 5.74) is 0.504. The average Bonchev–Trinajstić information content (AvgIpc) is 2.96. The lowest BCUT2D eigenvalue weighted by molar-refractivity contribution is 0.0519. The highest BCUT2D eigenvalue weighted by molar-refractivity contribution is 7.99. The number of aromatic nitrogens is 1. The van der Waals surface area contributed by atoms with Crippen LogP contribution in [0.2, 0.25) is 0 Å². The second kappa shape index (κ2) is 6.57. The van der Waals surface area contributed by atoms with Crippen LogP contribution in [0.1, 0.15) is 53.0 Å². The van der Waals surface area contributed by atoms with Gasteiger partial charge in [-0.05, 0) is 26.7 Å². The Morgan fingerprint density at radius 1 is 1.50 bits per heavy atom. The lowest BCUT2D eigenvalue weighted by Crippen LogP contribution is -2.06. The number of carbonyl (C=O) groups is 1. The first-order valence-corrected chi connectivity index (χ1v) is 8.32. The van der Waals surface area contributed by atoms with Gasteiger partial charge in [-0.25, -0.2) is 9.78 Å². The van der Waals surface area contributed by atoms with E-state index in [9.17, 15) is 4.79 Å². The Balaban J connectivity index is 1.93. The monoisotopic (exact) mass is 285 g/mol. The number of ether oxygens (including phenoxy) is 1. The van der Waals surface area contributed by atoms with Crippen molar-refractivity contribution in [2.24, 2.45) is 0 Å². The quantitative estimate of drug-likeness (QED) is 0.771. The Kier molecular flexibility index (Phi) is 5.06. The van der Waals surface area contributed by atoms with Crippen LogP contribution in [0.25, 0.3) is 0 Å². The number of thioether (sulfide) groups is 1. The lowest BCUT2D eigenvalue weighted by Gasteiger charge is -2.05. The van der Waals surface area contributed by atoms with Crippen LogP contribution in [0, 0.1) is 6.92 Å². The van der Waals surface area contributed by atoms with Crippen molar-refractivity contribution in [1.82, 2.24) is 4.98 Å². The molecule has 0 atom stereocenters. The molecule has 18 heavy (non-hydrogen) atoms. The zero-order valence-electron chi connectivity index (χ0n) is 10.9. The Hall–Kier alpha value is -0.550. The molecule has 0 bridgehead atoms. The number of rotatable bonds is 5. The first kappa shape index (κ1) is 13.9. The third kappa shape index (κ3) is 3.48. The van der Waals surface area contributed by atoms with Gasteiger partial charge in [-0.15, -0.1) is 11.3 Å². The van der Waals surface area contributed by atoms with Crippen molar-refractivity contribution in [3.8, 4) is 0 Å². The Morgan fingerprint density at radius 3 is 2.89 bits per heavy atom. The molecule has 0 N–H and O–H groups in total. The molecule has 1 aromatic rings. The maximum atomic E-state index is 11.7. The van der Waals surface area contributed by atoms with E-state index in [1.165, 1.54) is 25.7 Å². The third-order valence-electron chi connectivity index (χ3n) is 3.05. The topological polar surface area (TPSA) is 39.2 Å². The van der Waals surface area contributed by atoms with Gasteiger partial charge >= 0.3 is 5.97 Å². The number of carbonyl (C=O) groups excluding carboxylic acids is 1. The fourth-order valence-electron chi connectivity index (χ4n) is 2.15. The molecule has 3 nitrogen and oxygen atoms in total. The second-order valence-electron chi connectivity index (χ2n) is 4.45. The molecule has 1 heterocycles. The molecule has 0 aliphatic heterocycles. The van der Waals surface area contributed by atoms with Gasteiger partial charge in [0.05, 0.1) is 6.61 Å². The molecule has 1 aliphatic carbocycles. The minimum absolute atomic E-state index is 0.289. The van der Waals surface area contributed by atoms with Gasteiger partial charge in [0.1, 0.15) is 5.01 Å². The zero-order valence-corrected chi connectivity index (χ0v) is 12.5. The summed E-state index contributed by atoms with van der Waals surface area (Å²) in [6.45, 7) is 4.16. The maximum Gasteiger partial charge on any atom is 0.358 e. The van der Waals surface area contributed by atoms with Crippen molar-refractivity contribution in [3.63, 3.8) is 0 Å². The van der Waals surface area contributed by atoms with E-state index in [0.717, 1.165) is 20.9 Å². The van der Waals surface area contributed by atoms with Crippen molar-refractivity contribution >= 4 is 29.1 Å². The van der Waals surface area contributed by atoms with Gasteiger partial charge in [0.2, 0.25) is 0 Å². The molecule has 1 fully saturated rings. The average molecular weight is 285 g/mol. The van der Waals surface area contributed by atoms with Crippen molar-refractivity contribution in [2.75, 3.05) is 6.61 Å². The smallest absolute Gasteiger partial charge is 0.358 e. The fraction of sp³-hybridized carbons (Fsp3) is 0.692. The maximum absolute atomic E-state index is 11.7. The number of aryl methyl sites for hydroxylation is 1. The van der Waals surface area contributed by atoms with E-state index in [1.807, 2.05) is 25.6 Å². The summed E-state index contributed by atoms with van der Waals surface area (Å²) >= 11 is 3.60. The van der Waals surface area contributed by atoms with E-state index < -0.39 is 0 Å². The number of hydrogen-bond acceptors (Lipinski definition) is 5. The minimum atomic E-state index is -0.289. The molecule has 0 unspecified atom stereocenters. The summed E-state index contributed by atoms with van der Waals surface area (Å²) in [5.74, 6) is 0.638. The molecule has 0 amide bonds. The summed E-state index contributed by atoms with van der Waals surface area (Å²) in [5, 5.41) is 1.84. The SMILES string of the molecule is CCOC(=O)c1nc(CSC2CCCC2)sc1C. The fourth-order valence-corrected chi connectivity index (χ4v) is 4.41. The van der Waals surface area contributed by atoms with Crippen LogP contribution in [-0.2, 0) is 10.5 Å². The van der Waals surface area contributed by atoms with Crippen LogP contribution >= 0.6 is 23.1 Å².